The molecule has 0 radical (unpaired) electrons. The van der Waals surface area contributed by atoms with E-state index in [1.807, 2.05) is 0 Å². The van der Waals surface area contributed by atoms with Gasteiger partial charge in [0.15, 0.2) is 0 Å². The molecule has 0 aliphatic carbocycles. The number of rotatable bonds is 6. The number of nitro groups is 1. The van der Waals surface area contributed by atoms with Crippen molar-refractivity contribution in [1.82, 2.24) is 4.90 Å². The number of carbonyl (C=O) groups is 1. The molecule has 1 saturated heterocycles. The summed E-state index contributed by atoms with van der Waals surface area (Å²) in [5.74, 6) is -1.01. The smallest absolute Gasteiger partial charge is 0.273 e. The van der Waals surface area contributed by atoms with E-state index < -0.39 is 10.7 Å². The summed E-state index contributed by atoms with van der Waals surface area (Å²) in [5, 5.41) is 23.4. The number of hydrogen-bond donors (Lipinski definition) is 0. The number of nitro benzene ring substituents is 1. The lowest BCUT2D eigenvalue weighted by atomic mass is 10.1. The highest BCUT2D eigenvalue weighted by molar-refractivity contribution is 8.26. The molecule has 0 unspecified atom stereocenters. The van der Waals surface area contributed by atoms with Gasteiger partial charge in [0.25, 0.3) is 11.6 Å². The molecule has 2 rings (SSSR count). The monoisotopic (exact) mass is 365 g/mol. The molecule has 1 aromatic carbocycles. The van der Waals surface area contributed by atoms with E-state index in [-0.39, 0.29) is 41.0 Å². The normalized spacial score (nSPS) is 15.9. The third-order valence-electron chi connectivity index (χ3n) is 3.05. The molecule has 0 N–H and O–H groups in total. The van der Waals surface area contributed by atoms with Crippen LogP contribution < -0.4 is 9.84 Å². The van der Waals surface area contributed by atoms with Gasteiger partial charge in [-0.3, -0.25) is 19.8 Å². The van der Waals surface area contributed by atoms with Crippen molar-refractivity contribution < 1.29 is 19.6 Å². The molecule has 24 heavy (non-hydrogen) atoms. The van der Waals surface area contributed by atoms with Gasteiger partial charge in [0.2, 0.25) is 0 Å². The molecule has 1 heterocycles. The van der Waals surface area contributed by atoms with E-state index in [2.05, 4.69) is 6.58 Å². The fourth-order valence-electron chi connectivity index (χ4n) is 2.01. The fraction of sp³-hybridized carbons (Fsp3) is 0.200. The van der Waals surface area contributed by atoms with E-state index in [1.165, 1.54) is 17.1 Å². The van der Waals surface area contributed by atoms with Gasteiger partial charge < -0.3 is 9.84 Å². The number of nitrogens with zero attached hydrogens (tertiary/aromatic N) is 2. The first-order valence-electron chi connectivity index (χ1n) is 6.87. The van der Waals surface area contributed by atoms with Crippen LogP contribution in [0.5, 0.6) is 11.5 Å². The Morgan fingerprint density at radius 1 is 1.50 bits per heavy atom. The summed E-state index contributed by atoms with van der Waals surface area (Å²) in [6.07, 6.45) is 2.84. The maximum atomic E-state index is 12.3. The summed E-state index contributed by atoms with van der Waals surface area (Å²) >= 11 is 6.14. The van der Waals surface area contributed by atoms with E-state index in [1.54, 1.807) is 6.92 Å². The maximum Gasteiger partial charge on any atom is 0.273 e. The summed E-state index contributed by atoms with van der Waals surface area (Å²) < 4.78 is 5.49. The number of hydrogen-bond acceptors (Lipinski definition) is 7. The lowest BCUT2D eigenvalue weighted by molar-refractivity contribution is -0.385. The van der Waals surface area contributed by atoms with Gasteiger partial charge in [-0.15, -0.1) is 6.58 Å². The highest BCUT2D eigenvalue weighted by Gasteiger charge is 2.31. The second-order valence-corrected chi connectivity index (χ2v) is 6.31. The summed E-state index contributed by atoms with van der Waals surface area (Å²) in [5.41, 5.74) is -0.280. The van der Waals surface area contributed by atoms with Crippen molar-refractivity contribution in [2.45, 2.75) is 6.92 Å². The van der Waals surface area contributed by atoms with Gasteiger partial charge in [0, 0.05) is 12.6 Å². The summed E-state index contributed by atoms with van der Waals surface area (Å²) in [7, 11) is 0. The van der Waals surface area contributed by atoms with Crippen LogP contribution >= 0.6 is 24.0 Å². The van der Waals surface area contributed by atoms with Crippen LogP contribution in [0, 0.1) is 10.1 Å². The van der Waals surface area contributed by atoms with Gasteiger partial charge in [-0.05, 0) is 18.6 Å². The molecule has 1 amide bonds. The third-order valence-corrected chi connectivity index (χ3v) is 4.43. The SMILES string of the molecule is C=CCN1C(=O)/C(=C\c2cc([N+](=O)[O-])cc(OCC)c2[O-])SC1=S. The largest absolute Gasteiger partial charge is 0.870 e. The summed E-state index contributed by atoms with van der Waals surface area (Å²) in [6, 6.07) is 2.19. The third kappa shape index (κ3) is 3.57. The zero-order valence-electron chi connectivity index (χ0n) is 12.7. The van der Waals surface area contributed by atoms with Crippen molar-refractivity contribution in [3.63, 3.8) is 0 Å². The molecular weight excluding hydrogens is 352 g/mol. The Kier molecular flexibility index (Phi) is 5.58. The molecule has 0 aromatic heterocycles. The van der Waals surface area contributed by atoms with Gasteiger partial charge in [0.05, 0.1) is 22.5 Å². The highest BCUT2D eigenvalue weighted by Crippen LogP contribution is 2.38. The average molecular weight is 365 g/mol. The Balaban J connectivity index is 2.48. The summed E-state index contributed by atoms with van der Waals surface area (Å²) in [4.78, 5) is 24.3. The highest BCUT2D eigenvalue weighted by atomic mass is 32.2. The second-order valence-electron chi connectivity index (χ2n) is 4.63. The predicted molar refractivity (Wildman–Crippen MR) is 93.8 cm³/mol. The minimum absolute atomic E-state index is 0.00625. The van der Waals surface area contributed by atoms with E-state index >= 15 is 0 Å². The molecular formula is C15H13N2O5S2-. The standard InChI is InChI=1S/C15H14N2O5S2/c1-3-5-16-14(19)12(24-15(16)23)7-9-6-10(17(20)21)8-11(13(9)18)22-4-2/h3,6-8,18H,1,4-5H2,2H3/p-1/b12-7+. The van der Waals surface area contributed by atoms with Crippen molar-refractivity contribution in [3.05, 3.63) is 45.4 Å². The van der Waals surface area contributed by atoms with Crippen molar-refractivity contribution in [2.24, 2.45) is 0 Å². The molecule has 1 aliphatic heterocycles. The Hall–Kier alpha value is -2.39. The summed E-state index contributed by atoms with van der Waals surface area (Å²) in [6.45, 7) is 5.67. The lowest BCUT2D eigenvalue weighted by Crippen LogP contribution is -2.27. The van der Waals surface area contributed by atoms with Gasteiger partial charge in [-0.2, -0.15) is 0 Å². The number of ether oxygens (including phenoxy) is 1. The van der Waals surface area contributed by atoms with Gasteiger partial charge in [-0.25, -0.2) is 0 Å². The minimum Gasteiger partial charge on any atom is -0.870 e. The van der Waals surface area contributed by atoms with Crippen LogP contribution in [0.25, 0.3) is 6.08 Å². The average Bonchev–Trinajstić information content (AvgIpc) is 2.79. The predicted octanol–water partition coefficient (Wildman–Crippen LogP) is 2.45. The molecule has 1 fully saturated rings. The zero-order chi connectivity index (χ0) is 17.9. The van der Waals surface area contributed by atoms with Crippen LogP contribution in [0.15, 0.2) is 29.7 Å². The van der Waals surface area contributed by atoms with Crippen molar-refractivity contribution >= 4 is 46.0 Å². The van der Waals surface area contributed by atoms with Crippen LogP contribution in [0.3, 0.4) is 0 Å². The Morgan fingerprint density at radius 2 is 2.21 bits per heavy atom. The Bertz CT molecular complexity index is 760. The van der Waals surface area contributed by atoms with Crippen molar-refractivity contribution in [2.75, 3.05) is 13.2 Å². The second kappa shape index (κ2) is 7.45. The molecule has 126 valence electrons. The number of thioether (sulfide) groups is 1. The van der Waals surface area contributed by atoms with E-state index in [9.17, 15) is 20.0 Å². The van der Waals surface area contributed by atoms with E-state index in [0.29, 0.717) is 4.32 Å². The number of carbonyl (C=O) groups excluding carboxylic acids is 1. The van der Waals surface area contributed by atoms with Gasteiger partial charge in [0.1, 0.15) is 10.1 Å². The lowest BCUT2D eigenvalue weighted by Gasteiger charge is -2.17. The minimum atomic E-state index is -0.623. The Labute approximate surface area is 147 Å². The number of non-ortho nitro benzene ring substituents is 1. The molecule has 0 atom stereocenters. The number of thiocarbonyl (C=S) groups is 1. The first-order chi connectivity index (χ1) is 11.4. The van der Waals surface area contributed by atoms with E-state index in [0.717, 1.165) is 23.9 Å². The molecule has 0 bridgehead atoms. The Morgan fingerprint density at radius 3 is 2.79 bits per heavy atom. The van der Waals surface area contributed by atoms with E-state index in [4.69, 9.17) is 17.0 Å². The quantitative estimate of drug-likeness (QED) is 0.251. The first kappa shape index (κ1) is 18.0. The van der Waals surface area contributed by atoms with Crippen molar-refractivity contribution in [1.29, 1.82) is 0 Å². The van der Waals surface area contributed by atoms with Gasteiger partial charge in [-0.1, -0.05) is 35.8 Å². The number of amides is 1. The topological polar surface area (TPSA) is 95.7 Å². The molecule has 7 nitrogen and oxygen atoms in total. The fourth-order valence-corrected chi connectivity index (χ4v) is 3.28. The molecule has 9 heteroatoms. The molecule has 0 saturated carbocycles. The van der Waals surface area contributed by atoms with Crippen LogP contribution in [0.1, 0.15) is 12.5 Å². The first-order valence-corrected chi connectivity index (χ1v) is 8.10. The maximum absolute atomic E-state index is 12.3. The zero-order valence-corrected chi connectivity index (χ0v) is 14.3. The molecule has 0 spiro atoms. The van der Waals surface area contributed by atoms with Crippen LogP contribution in [-0.2, 0) is 4.79 Å². The number of benzene rings is 1. The van der Waals surface area contributed by atoms with Crippen LogP contribution in [-0.4, -0.2) is 33.2 Å². The van der Waals surface area contributed by atoms with Crippen molar-refractivity contribution in [3.8, 4) is 11.5 Å². The molecule has 1 aliphatic rings. The van der Waals surface area contributed by atoms with Gasteiger partial charge >= 0.3 is 0 Å². The molecule has 1 aromatic rings. The van der Waals surface area contributed by atoms with Crippen LogP contribution in [0.4, 0.5) is 5.69 Å². The van der Waals surface area contributed by atoms with Crippen LogP contribution in [0.2, 0.25) is 0 Å².